The fourth-order valence-electron chi connectivity index (χ4n) is 1.40. The van der Waals surface area contributed by atoms with Gasteiger partial charge in [-0.15, -0.1) is 0 Å². The van der Waals surface area contributed by atoms with Crippen LogP contribution in [0.1, 0.15) is 19.8 Å². The highest BCUT2D eigenvalue weighted by atomic mass is 32.2. The zero-order valence-corrected chi connectivity index (χ0v) is 9.59. The van der Waals surface area contributed by atoms with Crippen molar-refractivity contribution >= 4 is 10.0 Å². The van der Waals surface area contributed by atoms with Gasteiger partial charge in [0, 0.05) is 13.2 Å². The van der Waals surface area contributed by atoms with Crippen LogP contribution in [-0.4, -0.2) is 33.4 Å². The Labute approximate surface area is 90.5 Å². The molecule has 0 aromatic carbocycles. The molecule has 0 aromatic rings. The lowest BCUT2D eigenvalue weighted by Gasteiger charge is -2.22. The molecule has 6 heteroatoms. The van der Waals surface area contributed by atoms with E-state index in [9.17, 15) is 8.42 Å². The van der Waals surface area contributed by atoms with E-state index in [0.29, 0.717) is 13.2 Å². The van der Waals surface area contributed by atoms with Crippen LogP contribution in [0.2, 0.25) is 0 Å². The molecule has 1 aliphatic rings. The van der Waals surface area contributed by atoms with Crippen molar-refractivity contribution in [3.8, 4) is 6.07 Å². The molecule has 0 radical (unpaired) electrons. The van der Waals surface area contributed by atoms with Gasteiger partial charge in [-0.25, -0.2) is 13.1 Å². The van der Waals surface area contributed by atoms with E-state index in [4.69, 9.17) is 10.00 Å². The van der Waals surface area contributed by atoms with E-state index in [0.717, 1.165) is 19.4 Å². The lowest BCUT2D eigenvalue weighted by molar-refractivity contribution is 0.0568. The Hall–Kier alpha value is -0.640. The van der Waals surface area contributed by atoms with E-state index in [2.05, 4.69) is 4.72 Å². The molecular weight excluding hydrogens is 216 g/mol. The standard InChI is InChI=1S/C9H16N2O3S/c1-8(5-10)15(12,13)11-6-9-3-2-4-14-7-9/h8-9,11H,2-4,6-7H2,1H3. The minimum Gasteiger partial charge on any atom is -0.381 e. The van der Waals surface area contributed by atoms with Crippen LogP contribution in [0.15, 0.2) is 0 Å². The van der Waals surface area contributed by atoms with Crippen LogP contribution < -0.4 is 4.72 Å². The second-order valence-corrected chi connectivity index (χ2v) is 5.83. The smallest absolute Gasteiger partial charge is 0.227 e. The van der Waals surface area contributed by atoms with Crippen LogP contribution in [-0.2, 0) is 14.8 Å². The summed E-state index contributed by atoms with van der Waals surface area (Å²) >= 11 is 0. The van der Waals surface area contributed by atoms with E-state index in [1.807, 2.05) is 0 Å². The number of nitrogens with one attached hydrogen (secondary N) is 1. The monoisotopic (exact) mass is 232 g/mol. The molecule has 1 N–H and O–H groups in total. The molecule has 1 aliphatic heterocycles. The lowest BCUT2D eigenvalue weighted by Crippen LogP contribution is -2.37. The molecule has 5 nitrogen and oxygen atoms in total. The van der Waals surface area contributed by atoms with Crippen molar-refractivity contribution in [1.29, 1.82) is 5.26 Å². The SMILES string of the molecule is CC(C#N)S(=O)(=O)NCC1CCCOC1. The Kier molecular flexibility index (Phi) is 4.51. The van der Waals surface area contributed by atoms with Crippen molar-refractivity contribution in [2.45, 2.75) is 25.0 Å². The molecule has 2 atom stereocenters. The second-order valence-electron chi connectivity index (χ2n) is 3.75. The summed E-state index contributed by atoms with van der Waals surface area (Å²) in [5.74, 6) is 0.236. The van der Waals surface area contributed by atoms with Gasteiger partial charge < -0.3 is 4.74 Å². The predicted molar refractivity (Wildman–Crippen MR) is 55.5 cm³/mol. The van der Waals surface area contributed by atoms with Gasteiger partial charge in [-0.3, -0.25) is 0 Å². The molecule has 0 aliphatic carbocycles. The first-order valence-electron chi connectivity index (χ1n) is 5.02. The van der Waals surface area contributed by atoms with Crippen molar-refractivity contribution in [2.24, 2.45) is 5.92 Å². The molecule has 0 saturated carbocycles. The van der Waals surface area contributed by atoms with E-state index < -0.39 is 15.3 Å². The summed E-state index contributed by atoms with van der Waals surface area (Å²) in [5.41, 5.74) is 0. The number of sulfonamides is 1. The van der Waals surface area contributed by atoms with Gasteiger partial charge in [-0.2, -0.15) is 5.26 Å². The maximum absolute atomic E-state index is 11.4. The van der Waals surface area contributed by atoms with Crippen molar-refractivity contribution in [3.05, 3.63) is 0 Å². The summed E-state index contributed by atoms with van der Waals surface area (Å²) in [4.78, 5) is 0. The van der Waals surface area contributed by atoms with Crippen LogP contribution in [0.4, 0.5) is 0 Å². The van der Waals surface area contributed by atoms with E-state index in [-0.39, 0.29) is 5.92 Å². The molecule has 15 heavy (non-hydrogen) atoms. The third kappa shape index (κ3) is 3.78. The summed E-state index contributed by atoms with van der Waals surface area (Å²) in [6.07, 6.45) is 1.95. The first-order valence-corrected chi connectivity index (χ1v) is 6.56. The van der Waals surface area contributed by atoms with Gasteiger partial charge in [0.1, 0.15) is 0 Å². The quantitative estimate of drug-likeness (QED) is 0.753. The Morgan fingerprint density at radius 1 is 1.67 bits per heavy atom. The largest absolute Gasteiger partial charge is 0.381 e. The molecule has 0 spiro atoms. The van der Waals surface area contributed by atoms with E-state index in [1.54, 1.807) is 6.07 Å². The lowest BCUT2D eigenvalue weighted by atomic mass is 10.0. The normalized spacial score (nSPS) is 24.4. The highest BCUT2D eigenvalue weighted by Crippen LogP contribution is 2.12. The Balaban J connectivity index is 2.39. The molecule has 0 aromatic heterocycles. The molecule has 0 bridgehead atoms. The van der Waals surface area contributed by atoms with E-state index in [1.165, 1.54) is 6.92 Å². The summed E-state index contributed by atoms with van der Waals surface area (Å²) in [7, 11) is -3.48. The maximum atomic E-state index is 11.4. The Morgan fingerprint density at radius 3 is 2.93 bits per heavy atom. The average Bonchev–Trinajstić information content (AvgIpc) is 2.27. The highest BCUT2D eigenvalue weighted by molar-refractivity contribution is 7.90. The highest BCUT2D eigenvalue weighted by Gasteiger charge is 2.22. The van der Waals surface area contributed by atoms with Gasteiger partial charge in [0.25, 0.3) is 0 Å². The van der Waals surface area contributed by atoms with E-state index >= 15 is 0 Å². The first-order chi connectivity index (χ1) is 7.06. The van der Waals surface area contributed by atoms with Crippen LogP contribution >= 0.6 is 0 Å². The topological polar surface area (TPSA) is 79.2 Å². The summed E-state index contributed by atoms with van der Waals surface area (Å²) in [6.45, 7) is 3.11. The van der Waals surface area contributed by atoms with Crippen molar-refractivity contribution < 1.29 is 13.2 Å². The number of rotatable bonds is 4. The molecule has 86 valence electrons. The number of nitrogens with zero attached hydrogens (tertiary/aromatic N) is 1. The zero-order valence-electron chi connectivity index (χ0n) is 8.77. The van der Waals surface area contributed by atoms with Crippen molar-refractivity contribution in [2.75, 3.05) is 19.8 Å². The molecule has 2 unspecified atom stereocenters. The fraction of sp³-hybridized carbons (Fsp3) is 0.889. The molecule has 0 amide bonds. The molecule has 1 rings (SSSR count). The van der Waals surface area contributed by atoms with Crippen LogP contribution in [0.25, 0.3) is 0 Å². The van der Waals surface area contributed by atoms with Gasteiger partial charge in [0.2, 0.25) is 10.0 Å². The summed E-state index contributed by atoms with van der Waals surface area (Å²) in [5, 5.41) is 7.52. The summed E-state index contributed by atoms with van der Waals surface area (Å²) in [6, 6.07) is 1.71. The summed E-state index contributed by atoms with van der Waals surface area (Å²) < 4.78 is 30.5. The Bertz CT molecular complexity index is 328. The first kappa shape index (κ1) is 12.4. The van der Waals surface area contributed by atoms with Gasteiger partial charge in [0.05, 0.1) is 12.7 Å². The maximum Gasteiger partial charge on any atom is 0.227 e. The van der Waals surface area contributed by atoms with Crippen LogP contribution in [0.5, 0.6) is 0 Å². The molecule has 1 fully saturated rings. The van der Waals surface area contributed by atoms with Gasteiger partial charge in [-0.05, 0) is 25.7 Å². The zero-order chi connectivity index (χ0) is 11.3. The number of ether oxygens (including phenoxy) is 1. The molecular formula is C9H16N2O3S. The fourth-order valence-corrected chi connectivity index (χ4v) is 2.25. The van der Waals surface area contributed by atoms with Crippen molar-refractivity contribution in [1.82, 2.24) is 4.72 Å². The Morgan fingerprint density at radius 2 is 2.40 bits per heavy atom. The van der Waals surface area contributed by atoms with Crippen LogP contribution in [0.3, 0.4) is 0 Å². The third-order valence-corrected chi connectivity index (χ3v) is 4.08. The average molecular weight is 232 g/mol. The minimum absolute atomic E-state index is 0.236. The van der Waals surface area contributed by atoms with Crippen LogP contribution in [0, 0.1) is 17.2 Å². The molecule has 1 heterocycles. The minimum atomic E-state index is -3.48. The van der Waals surface area contributed by atoms with Gasteiger partial charge in [-0.1, -0.05) is 0 Å². The third-order valence-electron chi connectivity index (χ3n) is 2.48. The molecule has 1 saturated heterocycles. The van der Waals surface area contributed by atoms with Gasteiger partial charge >= 0.3 is 0 Å². The predicted octanol–water partition coefficient (Wildman–Crippen LogP) is 0.244. The number of nitriles is 1. The number of hydrogen-bond donors (Lipinski definition) is 1. The van der Waals surface area contributed by atoms with Gasteiger partial charge in [0.15, 0.2) is 5.25 Å². The second kappa shape index (κ2) is 5.45. The van der Waals surface area contributed by atoms with Crippen molar-refractivity contribution in [3.63, 3.8) is 0 Å². The number of hydrogen-bond acceptors (Lipinski definition) is 4.